The van der Waals surface area contributed by atoms with Gasteiger partial charge >= 0.3 is 0 Å². The van der Waals surface area contributed by atoms with Crippen molar-refractivity contribution in [1.82, 2.24) is 9.88 Å². The van der Waals surface area contributed by atoms with Gasteiger partial charge in [0.1, 0.15) is 0 Å². The average Bonchev–Trinajstić information content (AvgIpc) is 2.68. The number of nitrogens with one attached hydrogen (secondary N) is 1. The average molecular weight is 303 g/mol. The normalized spacial score (nSPS) is 17.0. The summed E-state index contributed by atoms with van der Waals surface area (Å²) in [5.41, 5.74) is 4.01. The van der Waals surface area contributed by atoms with Gasteiger partial charge in [-0.1, -0.05) is 25.4 Å². The molecule has 0 saturated carbocycles. The third kappa shape index (κ3) is 2.58. The zero-order valence-electron chi connectivity index (χ0n) is 12.5. The molecule has 1 aliphatic rings. The van der Waals surface area contributed by atoms with Crippen LogP contribution in [-0.2, 0) is 6.42 Å². The van der Waals surface area contributed by atoms with Crippen LogP contribution in [0, 0.1) is 12.3 Å². The summed E-state index contributed by atoms with van der Waals surface area (Å²) in [5, 5.41) is 3.73. The molecule has 0 atom stereocenters. The van der Waals surface area contributed by atoms with E-state index in [2.05, 4.69) is 23.7 Å². The first-order valence-electron chi connectivity index (χ1n) is 7.13. The van der Waals surface area contributed by atoms with Crippen LogP contribution in [0.15, 0.2) is 30.3 Å². The monoisotopic (exact) mass is 302 g/mol. The minimum atomic E-state index is 0.0198. The van der Waals surface area contributed by atoms with E-state index in [9.17, 15) is 4.79 Å². The highest BCUT2D eigenvalue weighted by Crippen LogP contribution is 2.31. The van der Waals surface area contributed by atoms with Crippen molar-refractivity contribution in [3.8, 4) is 5.69 Å². The molecule has 3 rings (SSSR count). The molecular weight excluding hydrogens is 284 g/mol. The molecule has 1 aliphatic heterocycles. The van der Waals surface area contributed by atoms with Crippen molar-refractivity contribution in [1.29, 1.82) is 0 Å². The number of hydrogen-bond acceptors (Lipinski definition) is 1. The van der Waals surface area contributed by atoms with Gasteiger partial charge in [0.15, 0.2) is 0 Å². The summed E-state index contributed by atoms with van der Waals surface area (Å²) in [4.78, 5) is 12.3. The largest absolute Gasteiger partial charge is 0.351 e. The fourth-order valence-corrected chi connectivity index (χ4v) is 3.07. The predicted molar refractivity (Wildman–Crippen MR) is 85.3 cm³/mol. The molecule has 110 valence electrons. The number of nitrogens with zero attached hydrogens (tertiary/aromatic N) is 1. The van der Waals surface area contributed by atoms with Gasteiger partial charge in [-0.25, -0.2) is 0 Å². The standard InChI is InChI=1S/C17H19ClN2O/c1-11-8-14-15(9-17(2,3)10-19-16(14)21)20(11)13-6-4-12(18)5-7-13/h4-8H,9-10H2,1-3H3,(H,19,21). The third-order valence-corrected chi connectivity index (χ3v) is 4.24. The van der Waals surface area contributed by atoms with Crippen molar-refractivity contribution < 1.29 is 4.79 Å². The number of benzene rings is 1. The maximum atomic E-state index is 12.3. The lowest BCUT2D eigenvalue weighted by Crippen LogP contribution is -2.31. The van der Waals surface area contributed by atoms with Crippen LogP contribution >= 0.6 is 11.6 Å². The zero-order chi connectivity index (χ0) is 15.2. The summed E-state index contributed by atoms with van der Waals surface area (Å²) in [6, 6.07) is 9.72. The van der Waals surface area contributed by atoms with Crippen molar-refractivity contribution in [3.63, 3.8) is 0 Å². The molecule has 0 unspecified atom stereocenters. The second kappa shape index (κ2) is 4.92. The summed E-state index contributed by atoms with van der Waals surface area (Å²) in [6.45, 7) is 7.08. The first-order chi connectivity index (χ1) is 9.87. The highest BCUT2D eigenvalue weighted by Gasteiger charge is 2.30. The fourth-order valence-electron chi connectivity index (χ4n) is 2.94. The molecule has 2 heterocycles. The summed E-state index contributed by atoms with van der Waals surface area (Å²) < 4.78 is 2.16. The molecule has 0 aliphatic carbocycles. The number of amides is 1. The number of hydrogen-bond donors (Lipinski definition) is 1. The van der Waals surface area contributed by atoms with Gasteiger partial charge in [0.2, 0.25) is 0 Å². The summed E-state index contributed by atoms with van der Waals surface area (Å²) in [6.07, 6.45) is 0.859. The third-order valence-electron chi connectivity index (χ3n) is 3.99. The van der Waals surface area contributed by atoms with E-state index < -0.39 is 0 Å². The van der Waals surface area contributed by atoms with Crippen LogP contribution in [0.5, 0.6) is 0 Å². The van der Waals surface area contributed by atoms with E-state index in [1.54, 1.807) is 0 Å². The van der Waals surface area contributed by atoms with Gasteiger partial charge in [0, 0.05) is 28.6 Å². The highest BCUT2D eigenvalue weighted by atomic mass is 35.5. The number of fused-ring (bicyclic) bond motifs is 1. The van der Waals surface area contributed by atoms with Crippen LogP contribution in [0.4, 0.5) is 0 Å². The van der Waals surface area contributed by atoms with Gasteiger partial charge < -0.3 is 9.88 Å². The Bertz CT molecular complexity index is 698. The van der Waals surface area contributed by atoms with Crippen LogP contribution in [0.3, 0.4) is 0 Å². The molecule has 1 aromatic carbocycles. The Balaban J connectivity index is 2.19. The van der Waals surface area contributed by atoms with E-state index in [-0.39, 0.29) is 11.3 Å². The minimum absolute atomic E-state index is 0.0198. The second-order valence-electron chi connectivity index (χ2n) is 6.48. The smallest absolute Gasteiger partial charge is 0.253 e. The molecule has 1 amide bonds. The Hall–Kier alpha value is -1.74. The number of carbonyl (C=O) groups excluding carboxylic acids is 1. The second-order valence-corrected chi connectivity index (χ2v) is 6.92. The Labute approximate surface area is 129 Å². The molecule has 0 radical (unpaired) electrons. The maximum absolute atomic E-state index is 12.3. The Morgan fingerprint density at radius 3 is 2.57 bits per heavy atom. The van der Waals surface area contributed by atoms with E-state index in [0.29, 0.717) is 11.6 Å². The first kappa shape index (κ1) is 14.2. The summed E-state index contributed by atoms with van der Waals surface area (Å²) >= 11 is 5.98. The van der Waals surface area contributed by atoms with Crippen molar-refractivity contribution in [2.45, 2.75) is 27.2 Å². The van der Waals surface area contributed by atoms with E-state index in [4.69, 9.17) is 11.6 Å². The molecule has 21 heavy (non-hydrogen) atoms. The lowest BCUT2D eigenvalue weighted by atomic mass is 9.88. The van der Waals surface area contributed by atoms with Crippen LogP contribution in [-0.4, -0.2) is 17.0 Å². The highest BCUT2D eigenvalue weighted by molar-refractivity contribution is 6.30. The number of halogens is 1. The van der Waals surface area contributed by atoms with Crippen molar-refractivity contribution in [2.75, 3.05) is 6.54 Å². The lowest BCUT2D eigenvalue weighted by molar-refractivity contribution is 0.0945. The quantitative estimate of drug-likeness (QED) is 0.855. The Morgan fingerprint density at radius 1 is 1.24 bits per heavy atom. The SMILES string of the molecule is Cc1cc2c(n1-c1ccc(Cl)cc1)CC(C)(C)CNC2=O. The molecule has 1 aromatic heterocycles. The topological polar surface area (TPSA) is 34.0 Å². The van der Waals surface area contributed by atoms with E-state index in [1.807, 2.05) is 37.3 Å². The van der Waals surface area contributed by atoms with E-state index in [0.717, 1.165) is 29.1 Å². The summed E-state index contributed by atoms with van der Waals surface area (Å²) in [5.74, 6) is 0.0198. The Morgan fingerprint density at radius 2 is 1.90 bits per heavy atom. The van der Waals surface area contributed by atoms with Crippen molar-refractivity contribution >= 4 is 17.5 Å². The van der Waals surface area contributed by atoms with Gasteiger partial charge in [-0.2, -0.15) is 0 Å². The molecule has 4 heteroatoms. The number of aryl methyl sites for hydroxylation is 1. The van der Waals surface area contributed by atoms with Gasteiger partial charge in [0.25, 0.3) is 5.91 Å². The van der Waals surface area contributed by atoms with E-state index in [1.165, 1.54) is 0 Å². The number of aromatic nitrogens is 1. The number of carbonyl (C=O) groups is 1. The molecule has 0 bridgehead atoms. The maximum Gasteiger partial charge on any atom is 0.253 e. The predicted octanol–water partition coefficient (Wildman–Crippen LogP) is 3.75. The molecule has 0 fully saturated rings. The minimum Gasteiger partial charge on any atom is -0.351 e. The zero-order valence-corrected chi connectivity index (χ0v) is 13.3. The number of rotatable bonds is 1. The first-order valence-corrected chi connectivity index (χ1v) is 7.50. The van der Waals surface area contributed by atoms with Crippen LogP contribution < -0.4 is 5.32 Å². The van der Waals surface area contributed by atoms with Gasteiger partial charge in [-0.3, -0.25) is 4.79 Å². The molecule has 0 spiro atoms. The van der Waals surface area contributed by atoms with Crippen LogP contribution in [0.2, 0.25) is 5.02 Å². The van der Waals surface area contributed by atoms with Crippen LogP contribution in [0.1, 0.15) is 35.6 Å². The van der Waals surface area contributed by atoms with Gasteiger partial charge in [-0.05, 0) is 49.1 Å². The van der Waals surface area contributed by atoms with Crippen molar-refractivity contribution in [2.24, 2.45) is 5.41 Å². The fraction of sp³-hybridized carbons (Fsp3) is 0.353. The van der Waals surface area contributed by atoms with Gasteiger partial charge in [0.05, 0.1) is 5.56 Å². The lowest BCUT2D eigenvalue weighted by Gasteiger charge is -2.23. The molecule has 0 saturated heterocycles. The van der Waals surface area contributed by atoms with E-state index >= 15 is 0 Å². The molecule has 1 N–H and O–H groups in total. The summed E-state index contributed by atoms with van der Waals surface area (Å²) in [7, 11) is 0. The van der Waals surface area contributed by atoms with Crippen molar-refractivity contribution in [3.05, 3.63) is 52.3 Å². The molecular formula is C17H19ClN2O. The van der Waals surface area contributed by atoms with Gasteiger partial charge in [-0.15, -0.1) is 0 Å². The Kier molecular flexibility index (Phi) is 3.33. The molecule has 2 aromatic rings. The molecule has 3 nitrogen and oxygen atoms in total. The van der Waals surface area contributed by atoms with Crippen LogP contribution in [0.25, 0.3) is 5.69 Å².